The number of benzene rings is 1. The number of hydrogen-bond acceptors (Lipinski definition) is 9. The molecule has 1 unspecified atom stereocenters. The van der Waals surface area contributed by atoms with Gasteiger partial charge in [0.05, 0.1) is 30.0 Å². The Bertz CT molecular complexity index is 1330. The first-order valence-electron chi connectivity index (χ1n) is 10.9. The predicted octanol–water partition coefficient (Wildman–Crippen LogP) is 0.763. The van der Waals surface area contributed by atoms with Crippen molar-refractivity contribution in [3.05, 3.63) is 28.6 Å². The number of piperidine rings is 1. The molecule has 0 N–H and O–H groups in total. The lowest BCUT2D eigenvalue weighted by molar-refractivity contribution is -0.141. The summed E-state index contributed by atoms with van der Waals surface area (Å²) in [5.74, 6) is -4.08. The Morgan fingerprint density at radius 2 is 1.89 bits per heavy atom. The molecule has 190 valence electrons. The lowest BCUT2D eigenvalue weighted by Gasteiger charge is -2.30. The Labute approximate surface area is 206 Å². The van der Waals surface area contributed by atoms with E-state index in [-0.39, 0.29) is 16.9 Å². The van der Waals surface area contributed by atoms with Crippen LogP contribution in [0.3, 0.4) is 0 Å². The van der Waals surface area contributed by atoms with E-state index in [1.165, 1.54) is 35.8 Å². The predicted molar refractivity (Wildman–Crippen MR) is 127 cm³/mol. The number of methoxy groups -OCH3 is 2. The summed E-state index contributed by atoms with van der Waals surface area (Å²) in [5.41, 5.74) is 0.759. The van der Waals surface area contributed by atoms with E-state index in [2.05, 4.69) is 4.99 Å². The van der Waals surface area contributed by atoms with Crippen molar-refractivity contribution in [1.29, 1.82) is 0 Å². The lowest BCUT2D eigenvalue weighted by atomic mass is 10.0. The summed E-state index contributed by atoms with van der Waals surface area (Å²) in [6.45, 7) is 2.72. The molecule has 0 bridgehead atoms. The van der Waals surface area contributed by atoms with Gasteiger partial charge in [0.25, 0.3) is 5.91 Å². The van der Waals surface area contributed by atoms with Crippen LogP contribution in [0.4, 0.5) is 0 Å². The van der Waals surface area contributed by atoms with Crippen LogP contribution in [0.5, 0.6) is 0 Å². The van der Waals surface area contributed by atoms with Crippen LogP contribution in [0.25, 0.3) is 10.2 Å². The molecule has 0 radical (unpaired) electrons. The fourth-order valence-electron chi connectivity index (χ4n) is 3.82. The van der Waals surface area contributed by atoms with Crippen molar-refractivity contribution in [2.75, 3.05) is 38.8 Å². The quantitative estimate of drug-likeness (QED) is 0.483. The fourth-order valence-corrected chi connectivity index (χ4v) is 6.01. The molecule has 1 aliphatic heterocycles. The lowest BCUT2D eigenvalue weighted by Crippen LogP contribution is -2.42. The molecular weight excluding hydrogens is 498 g/mol. The monoisotopic (exact) mass is 525 g/mol. The molecule has 2 aromatic rings. The zero-order chi connectivity index (χ0) is 25.8. The van der Waals surface area contributed by atoms with Gasteiger partial charge < -0.3 is 18.9 Å². The first-order valence-corrected chi connectivity index (χ1v) is 13.5. The normalized spacial score (nSPS) is 16.8. The van der Waals surface area contributed by atoms with E-state index in [1.807, 2.05) is 6.92 Å². The summed E-state index contributed by atoms with van der Waals surface area (Å²) < 4.78 is 36.4. The van der Waals surface area contributed by atoms with Gasteiger partial charge in [-0.3, -0.25) is 14.4 Å². The number of carbonyl (C=O) groups is 4. The van der Waals surface area contributed by atoms with Gasteiger partial charge in [0.2, 0.25) is 5.91 Å². The molecule has 0 saturated carbocycles. The molecule has 0 spiro atoms. The van der Waals surface area contributed by atoms with E-state index in [4.69, 9.17) is 9.47 Å². The number of nitrogens with zero attached hydrogens (tertiary/aromatic N) is 3. The van der Waals surface area contributed by atoms with Gasteiger partial charge in [0, 0.05) is 13.1 Å². The Balaban J connectivity index is 1.87. The van der Waals surface area contributed by atoms with E-state index in [1.54, 1.807) is 6.07 Å². The summed E-state index contributed by atoms with van der Waals surface area (Å²) in [6.07, 6.45) is 1.79. The molecule has 2 heterocycles. The number of esters is 2. The second-order valence-corrected chi connectivity index (χ2v) is 11.4. The summed E-state index contributed by atoms with van der Waals surface area (Å²) in [5, 5.41) is 0. The van der Waals surface area contributed by atoms with Crippen LogP contribution in [0, 0.1) is 5.92 Å². The summed E-state index contributed by atoms with van der Waals surface area (Å²) in [6, 6.07) is 4.59. The van der Waals surface area contributed by atoms with Gasteiger partial charge in [-0.25, -0.2) is 13.2 Å². The fraction of sp³-hybridized carbons (Fsp3) is 0.500. The van der Waals surface area contributed by atoms with Crippen LogP contribution in [-0.4, -0.2) is 80.5 Å². The van der Waals surface area contributed by atoms with Crippen molar-refractivity contribution in [1.82, 2.24) is 9.47 Å². The number of fused-ring (bicyclic) bond motifs is 1. The number of aromatic nitrogens is 1. The zero-order valence-corrected chi connectivity index (χ0v) is 21.3. The number of ether oxygens (including phenoxy) is 2. The Kier molecular flexibility index (Phi) is 8.43. The SMILES string of the molecule is COC(=O)Cn1c(=NC(=O)CS(=O)(=O)CC(=O)N2CCCC(C)C2)sc2cc(C(=O)OC)ccc21. The molecule has 35 heavy (non-hydrogen) atoms. The summed E-state index contributed by atoms with van der Waals surface area (Å²) in [4.78, 5) is 54.3. The van der Waals surface area contributed by atoms with E-state index in [0.717, 1.165) is 24.2 Å². The van der Waals surface area contributed by atoms with Crippen LogP contribution in [0.1, 0.15) is 30.1 Å². The second-order valence-electron chi connectivity index (χ2n) is 8.35. The molecule has 2 amide bonds. The highest BCUT2D eigenvalue weighted by Gasteiger charge is 2.27. The molecule has 1 saturated heterocycles. The van der Waals surface area contributed by atoms with Gasteiger partial charge in [0.15, 0.2) is 14.6 Å². The number of carbonyl (C=O) groups excluding carboxylic acids is 4. The number of rotatable bonds is 7. The Hall–Kier alpha value is -3.06. The third-order valence-electron chi connectivity index (χ3n) is 5.54. The Morgan fingerprint density at radius 3 is 2.54 bits per heavy atom. The van der Waals surface area contributed by atoms with Gasteiger partial charge in [-0.15, -0.1) is 0 Å². The third kappa shape index (κ3) is 6.75. The van der Waals surface area contributed by atoms with E-state index in [0.29, 0.717) is 29.2 Å². The van der Waals surface area contributed by atoms with E-state index in [9.17, 15) is 27.6 Å². The van der Waals surface area contributed by atoms with Crippen molar-refractivity contribution in [3.8, 4) is 0 Å². The maximum Gasteiger partial charge on any atom is 0.337 e. The second kappa shape index (κ2) is 11.1. The zero-order valence-electron chi connectivity index (χ0n) is 19.7. The van der Waals surface area contributed by atoms with Crippen molar-refractivity contribution in [3.63, 3.8) is 0 Å². The average molecular weight is 526 g/mol. The van der Waals surface area contributed by atoms with Crippen LogP contribution in [-0.2, 0) is 40.2 Å². The maximum atomic E-state index is 12.6. The third-order valence-corrected chi connectivity index (χ3v) is 7.95. The first kappa shape index (κ1) is 26.5. The van der Waals surface area contributed by atoms with Crippen LogP contribution < -0.4 is 4.80 Å². The Morgan fingerprint density at radius 1 is 1.14 bits per heavy atom. The highest BCUT2D eigenvalue weighted by Crippen LogP contribution is 2.20. The van der Waals surface area contributed by atoms with E-state index < -0.39 is 45.1 Å². The largest absolute Gasteiger partial charge is 0.468 e. The number of likely N-dealkylation sites (tertiary alicyclic amines) is 1. The number of amides is 2. The van der Waals surface area contributed by atoms with Gasteiger partial charge in [0.1, 0.15) is 18.1 Å². The van der Waals surface area contributed by atoms with Crippen molar-refractivity contribution < 1.29 is 37.1 Å². The van der Waals surface area contributed by atoms with E-state index >= 15 is 0 Å². The molecule has 0 aliphatic carbocycles. The molecule has 1 fully saturated rings. The topological polar surface area (TPSA) is 141 Å². The maximum absolute atomic E-state index is 12.6. The molecule has 1 aliphatic rings. The van der Waals surface area contributed by atoms with Crippen LogP contribution in [0.15, 0.2) is 23.2 Å². The van der Waals surface area contributed by atoms with Crippen molar-refractivity contribution in [2.45, 2.75) is 26.3 Å². The van der Waals surface area contributed by atoms with Gasteiger partial charge >= 0.3 is 11.9 Å². The standard InChI is InChI=1S/C22H27N3O8S2/c1-14-5-4-8-24(10-14)19(27)13-35(30,31)12-18(26)23-22-25(11-20(28)32-2)16-7-6-15(21(29)33-3)9-17(16)34-22/h6-7,9,14H,4-5,8,10-13H2,1-3H3. The van der Waals surface area contributed by atoms with Gasteiger partial charge in [-0.2, -0.15) is 4.99 Å². The summed E-state index contributed by atoms with van der Waals surface area (Å²) in [7, 11) is -1.60. The summed E-state index contributed by atoms with van der Waals surface area (Å²) >= 11 is 1.000. The van der Waals surface area contributed by atoms with Crippen LogP contribution in [0.2, 0.25) is 0 Å². The average Bonchev–Trinajstić information content (AvgIpc) is 3.13. The minimum atomic E-state index is -4.05. The molecule has 11 nitrogen and oxygen atoms in total. The molecule has 1 aromatic carbocycles. The molecule has 1 aromatic heterocycles. The molecule has 13 heteroatoms. The van der Waals surface area contributed by atoms with Crippen molar-refractivity contribution in [2.24, 2.45) is 10.9 Å². The van der Waals surface area contributed by atoms with Gasteiger partial charge in [-0.1, -0.05) is 18.3 Å². The molecule has 1 atom stereocenters. The van der Waals surface area contributed by atoms with Crippen molar-refractivity contribution >= 4 is 55.1 Å². The highest BCUT2D eigenvalue weighted by molar-refractivity contribution is 7.92. The highest BCUT2D eigenvalue weighted by atomic mass is 32.2. The minimum absolute atomic E-state index is 0.0591. The molecule has 3 rings (SSSR count). The minimum Gasteiger partial charge on any atom is -0.468 e. The van der Waals surface area contributed by atoms with Gasteiger partial charge in [-0.05, 0) is 37.0 Å². The first-order chi connectivity index (χ1) is 16.5. The smallest absolute Gasteiger partial charge is 0.337 e. The number of thiazole rings is 1. The molecular formula is C22H27N3O8S2. The number of sulfone groups is 1. The van der Waals surface area contributed by atoms with Crippen LogP contribution >= 0.6 is 11.3 Å². The number of hydrogen-bond donors (Lipinski definition) is 0.